The van der Waals surface area contributed by atoms with Crippen LogP contribution in [0, 0.1) is 0 Å². The van der Waals surface area contributed by atoms with Gasteiger partial charge in [-0.2, -0.15) is 0 Å². The summed E-state index contributed by atoms with van der Waals surface area (Å²) in [5, 5.41) is 3.77. The minimum Gasteiger partial charge on any atom is -0.497 e. The molecule has 0 bridgehead atoms. The Labute approximate surface area is 152 Å². The third kappa shape index (κ3) is 4.87. The van der Waals surface area contributed by atoms with Crippen LogP contribution in [0.25, 0.3) is 0 Å². The second-order valence-electron chi connectivity index (χ2n) is 5.56. The minimum atomic E-state index is -0.331. The van der Waals surface area contributed by atoms with Gasteiger partial charge in [0.25, 0.3) is 0 Å². The van der Waals surface area contributed by atoms with Crippen molar-refractivity contribution < 1.29 is 9.53 Å². The van der Waals surface area contributed by atoms with E-state index in [2.05, 4.69) is 5.32 Å². The molecule has 0 aliphatic heterocycles. The summed E-state index contributed by atoms with van der Waals surface area (Å²) in [6.45, 7) is 2.47. The summed E-state index contributed by atoms with van der Waals surface area (Å²) >= 11 is 12.0. The predicted octanol–water partition coefficient (Wildman–Crippen LogP) is 4.46. The Morgan fingerprint density at radius 3 is 2.67 bits per heavy atom. The molecule has 0 unspecified atom stereocenters. The van der Waals surface area contributed by atoms with Gasteiger partial charge in [-0.25, -0.2) is 0 Å². The van der Waals surface area contributed by atoms with Crippen molar-refractivity contribution in [3.8, 4) is 5.75 Å². The van der Waals surface area contributed by atoms with Crippen LogP contribution in [0.1, 0.15) is 12.5 Å². The maximum atomic E-state index is 12.4. The van der Waals surface area contributed by atoms with Gasteiger partial charge in [-0.15, -0.1) is 0 Å². The molecule has 0 fully saturated rings. The predicted molar refractivity (Wildman–Crippen MR) is 99.0 cm³/mol. The standard InChI is InChI=1S/C18H20Cl2N2O2/c1-12(18(23)21-17-8-7-14(19)10-16(17)20)22(2)11-13-5-4-6-15(9-13)24-3/h4-10,12H,11H2,1-3H3,(H,21,23)/t12-/m1/s1. The van der Waals surface area contributed by atoms with E-state index in [1.165, 1.54) is 0 Å². The number of hydrogen-bond acceptors (Lipinski definition) is 3. The summed E-state index contributed by atoms with van der Waals surface area (Å²) in [7, 11) is 3.53. The first kappa shape index (κ1) is 18.6. The van der Waals surface area contributed by atoms with Crippen LogP contribution in [0.15, 0.2) is 42.5 Å². The van der Waals surface area contributed by atoms with Gasteiger partial charge in [0.05, 0.1) is 23.9 Å². The summed E-state index contributed by atoms with van der Waals surface area (Å²) in [5.74, 6) is 0.663. The third-order valence-electron chi connectivity index (χ3n) is 3.80. The van der Waals surface area contributed by atoms with Crippen LogP contribution in [0.3, 0.4) is 0 Å². The van der Waals surface area contributed by atoms with Crippen molar-refractivity contribution >= 4 is 34.8 Å². The van der Waals surface area contributed by atoms with Crippen LogP contribution < -0.4 is 10.1 Å². The van der Waals surface area contributed by atoms with E-state index in [0.29, 0.717) is 22.3 Å². The zero-order chi connectivity index (χ0) is 17.7. The molecule has 0 spiro atoms. The largest absolute Gasteiger partial charge is 0.497 e. The lowest BCUT2D eigenvalue weighted by molar-refractivity contribution is -0.120. The van der Waals surface area contributed by atoms with Gasteiger partial charge in [0.15, 0.2) is 0 Å². The fourth-order valence-electron chi connectivity index (χ4n) is 2.22. The Balaban J connectivity index is 2.01. The van der Waals surface area contributed by atoms with Gasteiger partial charge in [0.1, 0.15) is 5.75 Å². The quantitative estimate of drug-likeness (QED) is 0.820. The number of rotatable bonds is 6. The highest BCUT2D eigenvalue weighted by atomic mass is 35.5. The molecule has 2 aromatic rings. The van der Waals surface area contributed by atoms with Crippen LogP contribution >= 0.6 is 23.2 Å². The Bertz CT molecular complexity index is 722. The maximum absolute atomic E-state index is 12.4. The van der Waals surface area contributed by atoms with E-state index in [9.17, 15) is 4.79 Å². The first-order chi connectivity index (χ1) is 11.4. The average molecular weight is 367 g/mol. The Kier molecular flexibility index (Phi) is 6.49. The van der Waals surface area contributed by atoms with Gasteiger partial charge in [0, 0.05) is 11.6 Å². The van der Waals surface area contributed by atoms with E-state index in [4.69, 9.17) is 27.9 Å². The first-order valence-corrected chi connectivity index (χ1v) is 8.25. The van der Waals surface area contributed by atoms with Crippen molar-refractivity contribution in [2.24, 2.45) is 0 Å². The minimum absolute atomic E-state index is 0.135. The lowest BCUT2D eigenvalue weighted by Crippen LogP contribution is -2.39. The highest BCUT2D eigenvalue weighted by Crippen LogP contribution is 2.25. The average Bonchev–Trinajstić information content (AvgIpc) is 2.56. The van der Waals surface area contributed by atoms with Gasteiger partial charge in [0.2, 0.25) is 5.91 Å². The molecule has 0 aliphatic rings. The van der Waals surface area contributed by atoms with E-state index < -0.39 is 0 Å². The van der Waals surface area contributed by atoms with E-state index in [1.807, 2.05) is 43.1 Å². The van der Waals surface area contributed by atoms with Gasteiger partial charge < -0.3 is 10.1 Å². The van der Waals surface area contributed by atoms with Gasteiger partial charge in [-0.3, -0.25) is 9.69 Å². The van der Waals surface area contributed by atoms with Crippen molar-refractivity contribution in [2.45, 2.75) is 19.5 Å². The summed E-state index contributed by atoms with van der Waals surface area (Å²) in [4.78, 5) is 14.4. The third-order valence-corrected chi connectivity index (χ3v) is 4.34. The van der Waals surface area contributed by atoms with Crippen LogP contribution in [0.5, 0.6) is 5.75 Å². The van der Waals surface area contributed by atoms with Gasteiger partial charge >= 0.3 is 0 Å². The van der Waals surface area contributed by atoms with E-state index in [0.717, 1.165) is 11.3 Å². The summed E-state index contributed by atoms with van der Waals surface area (Å²) < 4.78 is 5.22. The fourth-order valence-corrected chi connectivity index (χ4v) is 2.68. The van der Waals surface area contributed by atoms with Crippen molar-refractivity contribution in [3.63, 3.8) is 0 Å². The number of halogens is 2. The number of carbonyl (C=O) groups excluding carboxylic acids is 1. The number of benzene rings is 2. The molecule has 2 aromatic carbocycles. The molecule has 0 saturated heterocycles. The Hall–Kier alpha value is -1.75. The zero-order valence-electron chi connectivity index (χ0n) is 13.8. The smallest absolute Gasteiger partial charge is 0.241 e. The van der Waals surface area contributed by atoms with Crippen molar-refractivity contribution in [1.82, 2.24) is 4.90 Å². The molecular weight excluding hydrogens is 347 g/mol. The molecule has 0 heterocycles. The van der Waals surface area contributed by atoms with Crippen LogP contribution in [0.4, 0.5) is 5.69 Å². The molecule has 0 saturated carbocycles. The van der Waals surface area contributed by atoms with Gasteiger partial charge in [-0.05, 0) is 49.9 Å². The monoisotopic (exact) mass is 366 g/mol. The number of methoxy groups -OCH3 is 1. The summed E-state index contributed by atoms with van der Waals surface area (Å²) in [6, 6.07) is 12.4. The number of likely N-dealkylation sites (N-methyl/N-ethyl adjacent to an activating group) is 1. The molecule has 1 amide bonds. The number of ether oxygens (including phenoxy) is 1. The summed E-state index contributed by atoms with van der Waals surface area (Å²) in [6.07, 6.45) is 0. The van der Waals surface area contributed by atoms with Crippen LogP contribution in [0.2, 0.25) is 10.0 Å². The molecule has 0 aromatic heterocycles. The normalized spacial score (nSPS) is 12.1. The molecular formula is C18H20Cl2N2O2. The fraction of sp³-hybridized carbons (Fsp3) is 0.278. The molecule has 24 heavy (non-hydrogen) atoms. The number of anilines is 1. The van der Waals surface area contributed by atoms with Gasteiger partial charge in [-0.1, -0.05) is 35.3 Å². The Morgan fingerprint density at radius 2 is 2.00 bits per heavy atom. The van der Waals surface area contributed by atoms with Crippen molar-refractivity contribution in [2.75, 3.05) is 19.5 Å². The summed E-state index contributed by atoms with van der Waals surface area (Å²) in [5.41, 5.74) is 1.62. The lowest BCUT2D eigenvalue weighted by atomic mass is 10.1. The molecule has 0 radical (unpaired) electrons. The number of nitrogens with one attached hydrogen (secondary N) is 1. The highest BCUT2D eigenvalue weighted by Gasteiger charge is 2.19. The van der Waals surface area contributed by atoms with E-state index in [-0.39, 0.29) is 11.9 Å². The molecule has 128 valence electrons. The number of hydrogen-bond donors (Lipinski definition) is 1. The van der Waals surface area contributed by atoms with Crippen LogP contribution in [-0.4, -0.2) is 31.0 Å². The molecule has 6 heteroatoms. The maximum Gasteiger partial charge on any atom is 0.241 e. The zero-order valence-corrected chi connectivity index (χ0v) is 15.4. The molecule has 4 nitrogen and oxygen atoms in total. The number of nitrogens with zero attached hydrogens (tertiary/aromatic N) is 1. The first-order valence-electron chi connectivity index (χ1n) is 7.50. The van der Waals surface area contributed by atoms with Crippen molar-refractivity contribution in [3.05, 3.63) is 58.1 Å². The SMILES string of the molecule is COc1cccc(CN(C)[C@H](C)C(=O)Nc2ccc(Cl)cc2Cl)c1. The molecule has 1 N–H and O–H groups in total. The van der Waals surface area contributed by atoms with E-state index >= 15 is 0 Å². The molecule has 2 rings (SSSR count). The number of carbonyl (C=O) groups is 1. The Morgan fingerprint density at radius 1 is 1.25 bits per heavy atom. The number of amides is 1. The van der Waals surface area contributed by atoms with Crippen LogP contribution in [-0.2, 0) is 11.3 Å². The van der Waals surface area contributed by atoms with Crippen molar-refractivity contribution in [1.29, 1.82) is 0 Å². The second kappa shape index (κ2) is 8.38. The highest BCUT2D eigenvalue weighted by molar-refractivity contribution is 6.36. The van der Waals surface area contributed by atoms with E-state index in [1.54, 1.807) is 25.3 Å². The second-order valence-corrected chi connectivity index (χ2v) is 6.40. The molecule has 0 aliphatic carbocycles. The molecule has 1 atom stereocenters. The topological polar surface area (TPSA) is 41.6 Å². The lowest BCUT2D eigenvalue weighted by Gasteiger charge is -2.24.